The summed E-state index contributed by atoms with van der Waals surface area (Å²) in [7, 11) is 0. The topological polar surface area (TPSA) is 12.0 Å². The average molecular weight is 357 g/mol. The highest BCUT2D eigenvalue weighted by Crippen LogP contribution is 2.36. The zero-order valence-corrected chi connectivity index (χ0v) is 13.8. The molecule has 0 amide bonds. The van der Waals surface area contributed by atoms with Crippen LogP contribution in [0.2, 0.25) is 5.02 Å². The molecule has 1 N–H and O–H groups in total. The molecule has 2 aromatic rings. The fraction of sp³-hybridized carbons (Fsp3) is 0.200. The van der Waals surface area contributed by atoms with Gasteiger partial charge in [-0.2, -0.15) is 0 Å². The number of hydrogen-bond acceptors (Lipinski definition) is 2. The molecule has 2 rings (SSSR count). The van der Waals surface area contributed by atoms with Crippen molar-refractivity contribution >= 4 is 39.3 Å². The van der Waals surface area contributed by atoms with Crippen LogP contribution < -0.4 is 5.32 Å². The Hall–Kier alpha value is -0.480. The normalized spacial score (nSPS) is 10.7. The van der Waals surface area contributed by atoms with Crippen LogP contribution in [-0.4, -0.2) is 6.54 Å². The molecule has 0 bridgehead atoms. The Bertz CT molecular complexity index is 560. The summed E-state index contributed by atoms with van der Waals surface area (Å²) in [6.45, 7) is 3.89. The Kier molecular flexibility index (Phi) is 5.76. The molecule has 0 saturated carbocycles. The van der Waals surface area contributed by atoms with Crippen molar-refractivity contribution in [1.82, 2.24) is 5.32 Å². The fourth-order valence-corrected chi connectivity index (χ4v) is 3.36. The van der Waals surface area contributed by atoms with Gasteiger partial charge in [-0.25, -0.2) is 0 Å². The zero-order chi connectivity index (χ0) is 13.7. The largest absolute Gasteiger partial charge is 0.313 e. The second-order valence-electron chi connectivity index (χ2n) is 4.06. The molecule has 19 heavy (non-hydrogen) atoms. The van der Waals surface area contributed by atoms with Gasteiger partial charge in [0.2, 0.25) is 0 Å². The van der Waals surface area contributed by atoms with Crippen molar-refractivity contribution in [3.05, 3.63) is 57.5 Å². The van der Waals surface area contributed by atoms with Crippen LogP contribution in [0.5, 0.6) is 0 Å². The van der Waals surface area contributed by atoms with Crippen LogP contribution in [-0.2, 0) is 6.54 Å². The molecule has 0 aliphatic rings. The lowest BCUT2D eigenvalue weighted by Crippen LogP contribution is -2.12. The van der Waals surface area contributed by atoms with Crippen LogP contribution in [0.3, 0.4) is 0 Å². The molecule has 0 spiro atoms. The summed E-state index contributed by atoms with van der Waals surface area (Å²) >= 11 is 11.4. The number of hydrogen-bond donors (Lipinski definition) is 1. The Morgan fingerprint density at radius 1 is 1.16 bits per heavy atom. The summed E-state index contributed by atoms with van der Waals surface area (Å²) in [6.07, 6.45) is 0. The first-order chi connectivity index (χ1) is 9.20. The van der Waals surface area contributed by atoms with Gasteiger partial charge in [0, 0.05) is 25.8 Å². The molecule has 0 fully saturated rings. The van der Waals surface area contributed by atoms with Crippen LogP contribution in [0.4, 0.5) is 0 Å². The molecule has 0 heterocycles. The Morgan fingerprint density at radius 3 is 2.68 bits per heavy atom. The maximum atomic E-state index is 6.08. The Balaban J connectivity index is 2.26. The Labute approximate surface area is 131 Å². The van der Waals surface area contributed by atoms with Gasteiger partial charge in [-0.3, -0.25) is 0 Å². The summed E-state index contributed by atoms with van der Waals surface area (Å²) in [5.41, 5.74) is 1.23. The molecular weight excluding hydrogens is 342 g/mol. The van der Waals surface area contributed by atoms with E-state index in [9.17, 15) is 0 Å². The van der Waals surface area contributed by atoms with Gasteiger partial charge < -0.3 is 5.32 Å². The van der Waals surface area contributed by atoms with E-state index in [0.717, 1.165) is 22.6 Å². The van der Waals surface area contributed by atoms with Crippen LogP contribution in [0.15, 0.2) is 56.7 Å². The first-order valence-electron chi connectivity index (χ1n) is 6.12. The third kappa shape index (κ3) is 4.25. The summed E-state index contributed by atoms with van der Waals surface area (Å²) in [5.74, 6) is 0. The lowest BCUT2D eigenvalue weighted by atomic mass is 10.2. The monoisotopic (exact) mass is 355 g/mol. The highest BCUT2D eigenvalue weighted by atomic mass is 79.9. The van der Waals surface area contributed by atoms with Crippen molar-refractivity contribution in [3.8, 4) is 0 Å². The minimum absolute atomic E-state index is 0.782. The highest BCUT2D eigenvalue weighted by Gasteiger charge is 2.07. The van der Waals surface area contributed by atoms with E-state index in [-0.39, 0.29) is 0 Å². The molecule has 0 radical (unpaired) electrons. The lowest BCUT2D eigenvalue weighted by molar-refractivity contribution is 0.718. The van der Waals surface area contributed by atoms with E-state index in [1.165, 1.54) is 15.4 Å². The lowest BCUT2D eigenvalue weighted by Gasteiger charge is -2.11. The zero-order valence-electron chi connectivity index (χ0n) is 10.6. The third-order valence-electron chi connectivity index (χ3n) is 2.64. The third-order valence-corrected chi connectivity index (χ3v) is 5.03. The summed E-state index contributed by atoms with van der Waals surface area (Å²) in [4.78, 5) is 2.44. The molecule has 0 atom stereocenters. The molecule has 2 aromatic carbocycles. The minimum Gasteiger partial charge on any atom is -0.313 e. The van der Waals surface area contributed by atoms with Crippen molar-refractivity contribution < 1.29 is 0 Å². The molecule has 0 aliphatic heterocycles. The van der Waals surface area contributed by atoms with E-state index in [2.05, 4.69) is 46.4 Å². The molecular formula is C15H15BrClNS. The molecule has 0 unspecified atom stereocenters. The fourth-order valence-electron chi connectivity index (χ4n) is 1.69. The Morgan fingerprint density at radius 2 is 1.95 bits per heavy atom. The smallest absolute Gasteiger partial charge is 0.0410 e. The predicted octanol–water partition coefficient (Wildman–Crippen LogP) is 5.36. The van der Waals surface area contributed by atoms with Crippen LogP contribution in [0.25, 0.3) is 0 Å². The first-order valence-corrected chi connectivity index (χ1v) is 8.11. The predicted molar refractivity (Wildman–Crippen MR) is 87.1 cm³/mol. The van der Waals surface area contributed by atoms with Gasteiger partial charge in [-0.05, 0) is 58.4 Å². The number of nitrogens with one attached hydrogen (secondary N) is 1. The van der Waals surface area contributed by atoms with Gasteiger partial charge in [0.15, 0.2) is 0 Å². The van der Waals surface area contributed by atoms with Gasteiger partial charge in [0.1, 0.15) is 0 Å². The van der Waals surface area contributed by atoms with E-state index in [4.69, 9.17) is 11.6 Å². The van der Waals surface area contributed by atoms with Crippen LogP contribution >= 0.6 is 39.3 Å². The molecule has 0 aromatic heterocycles. The van der Waals surface area contributed by atoms with Crippen molar-refractivity contribution in [1.29, 1.82) is 0 Å². The summed E-state index contributed by atoms with van der Waals surface area (Å²) in [5, 5.41) is 4.13. The summed E-state index contributed by atoms with van der Waals surface area (Å²) in [6, 6.07) is 14.3. The number of halogens is 2. The molecule has 0 saturated heterocycles. The van der Waals surface area contributed by atoms with E-state index in [1.54, 1.807) is 11.8 Å². The minimum atomic E-state index is 0.782. The SMILES string of the molecule is CCNCc1cc(Cl)ccc1Sc1ccccc1Br. The maximum Gasteiger partial charge on any atom is 0.0410 e. The molecule has 1 nitrogen and oxygen atoms in total. The van der Waals surface area contributed by atoms with Gasteiger partial charge in [-0.1, -0.05) is 42.4 Å². The van der Waals surface area contributed by atoms with Crippen molar-refractivity contribution in [2.45, 2.75) is 23.3 Å². The average Bonchev–Trinajstić information content (AvgIpc) is 2.41. The molecule has 4 heteroatoms. The van der Waals surface area contributed by atoms with Gasteiger partial charge in [0.05, 0.1) is 0 Å². The van der Waals surface area contributed by atoms with Gasteiger partial charge in [-0.15, -0.1) is 0 Å². The molecule has 100 valence electrons. The van der Waals surface area contributed by atoms with E-state index in [1.807, 2.05) is 24.3 Å². The quantitative estimate of drug-likeness (QED) is 0.773. The van der Waals surface area contributed by atoms with E-state index in [0.29, 0.717) is 0 Å². The van der Waals surface area contributed by atoms with Gasteiger partial charge in [0.25, 0.3) is 0 Å². The van der Waals surface area contributed by atoms with E-state index < -0.39 is 0 Å². The second-order valence-corrected chi connectivity index (χ2v) is 6.44. The molecule has 0 aliphatic carbocycles. The first kappa shape index (κ1) is 14.9. The summed E-state index contributed by atoms with van der Waals surface area (Å²) < 4.78 is 1.12. The number of rotatable bonds is 5. The maximum absolute atomic E-state index is 6.08. The van der Waals surface area contributed by atoms with Gasteiger partial charge >= 0.3 is 0 Å². The van der Waals surface area contributed by atoms with Crippen LogP contribution in [0.1, 0.15) is 12.5 Å². The van der Waals surface area contributed by atoms with E-state index >= 15 is 0 Å². The standard InChI is InChI=1S/C15H15BrClNS/c1-2-18-10-11-9-12(17)7-8-14(11)19-15-6-4-3-5-13(15)16/h3-9,18H,2,10H2,1H3. The second kappa shape index (κ2) is 7.34. The highest BCUT2D eigenvalue weighted by molar-refractivity contribution is 9.10. The van der Waals surface area contributed by atoms with Crippen LogP contribution in [0, 0.1) is 0 Å². The number of benzene rings is 2. The van der Waals surface area contributed by atoms with Crippen molar-refractivity contribution in [2.75, 3.05) is 6.54 Å². The van der Waals surface area contributed by atoms with Crippen molar-refractivity contribution in [3.63, 3.8) is 0 Å². The van der Waals surface area contributed by atoms with Crippen molar-refractivity contribution in [2.24, 2.45) is 0 Å².